The number of unbranched alkanes of at least 4 members (excludes halogenated alkanes) is 3. The fourth-order valence-electron chi connectivity index (χ4n) is 7.03. The predicted molar refractivity (Wildman–Crippen MR) is 201 cm³/mol. The highest BCUT2D eigenvalue weighted by molar-refractivity contribution is 5.94. The van der Waals surface area contributed by atoms with E-state index in [4.69, 9.17) is 4.74 Å². The summed E-state index contributed by atoms with van der Waals surface area (Å²) in [5.74, 6) is -0.650. The van der Waals surface area contributed by atoms with Crippen molar-refractivity contribution >= 4 is 11.9 Å². The minimum absolute atomic E-state index is 0.161. The van der Waals surface area contributed by atoms with Gasteiger partial charge in [-0.2, -0.15) is 0 Å². The molecule has 0 bridgehead atoms. The molecule has 0 aliphatic heterocycles. The fraction of sp³-hybridized carbons (Fsp3) is 0.535. The molecule has 0 spiro atoms. The summed E-state index contributed by atoms with van der Waals surface area (Å²) < 4.78 is 6.05. The van der Waals surface area contributed by atoms with Gasteiger partial charge in [-0.1, -0.05) is 126 Å². The lowest BCUT2D eigenvalue weighted by Gasteiger charge is -2.30. The Balaban J connectivity index is 0.000000344. The van der Waals surface area contributed by atoms with E-state index in [-0.39, 0.29) is 5.91 Å². The number of benzene rings is 3. The zero-order valence-electron chi connectivity index (χ0n) is 30.1. The van der Waals surface area contributed by atoms with Crippen molar-refractivity contribution in [1.82, 2.24) is 10.6 Å². The lowest BCUT2D eigenvalue weighted by Crippen LogP contribution is -2.40. The van der Waals surface area contributed by atoms with E-state index < -0.39 is 11.9 Å². The summed E-state index contributed by atoms with van der Waals surface area (Å²) in [6.45, 7) is 4.99. The summed E-state index contributed by atoms with van der Waals surface area (Å²) in [7, 11) is 0. The third kappa shape index (κ3) is 13.3. The van der Waals surface area contributed by atoms with Gasteiger partial charge in [0.15, 0.2) is 0 Å². The molecule has 3 N–H and O–H groups in total. The molecule has 2 fully saturated rings. The molecule has 49 heavy (non-hydrogen) atoms. The van der Waals surface area contributed by atoms with E-state index in [1.54, 1.807) is 0 Å². The molecule has 0 radical (unpaired) electrons. The van der Waals surface area contributed by atoms with Gasteiger partial charge in [0.05, 0.1) is 12.5 Å². The molecule has 0 heterocycles. The highest BCUT2D eigenvalue weighted by Gasteiger charge is 2.20. The molecule has 3 aromatic carbocycles. The van der Waals surface area contributed by atoms with Crippen molar-refractivity contribution in [3.05, 3.63) is 89.5 Å². The quantitative estimate of drug-likeness (QED) is 0.132. The molecule has 2 saturated carbocycles. The van der Waals surface area contributed by atoms with Crippen LogP contribution in [-0.4, -0.2) is 35.7 Å². The average Bonchev–Trinajstić information content (AvgIpc) is 3.14. The second-order valence-electron chi connectivity index (χ2n) is 14.0. The van der Waals surface area contributed by atoms with Crippen LogP contribution in [0.15, 0.2) is 72.8 Å². The molecule has 6 nitrogen and oxygen atoms in total. The smallest absolute Gasteiger partial charge is 0.306 e. The summed E-state index contributed by atoms with van der Waals surface area (Å²) >= 11 is 0. The monoisotopic (exact) mass is 668 g/mol. The van der Waals surface area contributed by atoms with Crippen LogP contribution in [0, 0.1) is 5.92 Å². The first-order valence-electron chi connectivity index (χ1n) is 19.1. The molecule has 3 aromatic rings. The standard InChI is InChI=1S/C31H37NO4.C12H23N/c1-3-5-6-10-19-36-29-18-13-23(20-24(4-2)31(34)35)21-28(29)22-32-30(33)27-16-14-26(15-17-27)25-11-8-7-9-12-25;1-3-7-11(8-4-1)13-12-9-5-2-6-10-12/h7-9,11-18,21,24H,3-6,10,19-20,22H2,1-2H3,(H,32,33)(H,34,35);11-13H,1-10H2/t24-;/m0./s1. The molecule has 1 atom stereocenters. The number of rotatable bonds is 16. The maximum Gasteiger partial charge on any atom is 0.306 e. The van der Waals surface area contributed by atoms with Crippen LogP contribution in [0.3, 0.4) is 0 Å². The van der Waals surface area contributed by atoms with Crippen molar-refractivity contribution < 1.29 is 19.4 Å². The van der Waals surface area contributed by atoms with Crippen LogP contribution in [0.4, 0.5) is 0 Å². The SMILES string of the molecule is C1CCC(NC2CCCCC2)CC1.CCCCCCOc1ccc(C[C@H](CC)C(=O)O)cc1CNC(=O)c1ccc(-c2ccccc2)cc1. The molecule has 0 saturated heterocycles. The van der Waals surface area contributed by atoms with Gasteiger partial charge in [0, 0.05) is 29.8 Å². The Morgan fingerprint density at radius 2 is 1.41 bits per heavy atom. The Bertz CT molecular complexity index is 1360. The Kier molecular flexibility index (Phi) is 16.7. The first kappa shape index (κ1) is 38.2. The number of carboxylic acid groups (broad SMARTS) is 1. The largest absolute Gasteiger partial charge is 0.493 e. The Hall–Kier alpha value is -3.64. The highest BCUT2D eigenvalue weighted by Crippen LogP contribution is 2.25. The molecular formula is C43H60N2O4. The second-order valence-corrected chi connectivity index (χ2v) is 14.0. The molecule has 1 amide bonds. The van der Waals surface area contributed by atoms with E-state index in [0.717, 1.165) is 52.9 Å². The number of carbonyl (C=O) groups is 2. The van der Waals surface area contributed by atoms with Crippen molar-refractivity contribution in [2.45, 2.75) is 135 Å². The molecule has 2 aliphatic carbocycles. The van der Waals surface area contributed by atoms with Crippen LogP contribution in [0.1, 0.15) is 132 Å². The Labute approximate surface area is 295 Å². The zero-order chi connectivity index (χ0) is 34.7. The zero-order valence-corrected chi connectivity index (χ0v) is 30.1. The molecular weight excluding hydrogens is 608 g/mol. The van der Waals surface area contributed by atoms with Gasteiger partial charge in [-0.3, -0.25) is 9.59 Å². The number of hydrogen-bond acceptors (Lipinski definition) is 4. The molecule has 0 unspecified atom stereocenters. The van der Waals surface area contributed by atoms with E-state index >= 15 is 0 Å². The number of carbonyl (C=O) groups excluding carboxylic acids is 1. The van der Waals surface area contributed by atoms with E-state index in [9.17, 15) is 14.7 Å². The van der Waals surface area contributed by atoms with Crippen LogP contribution < -0.4 is 15.4 Å². The summed E-state index contributed by atoms with van der Waals surface area (Å²) in [4.78, 5) is 24.4. The van der Waals surface area contributed by atoms with Gasteiger partial charge in [0.1, 0.15) is 5.75 Å². The number of amides is 1. The summed E-state index contributed by atoms with van der Waals surface area (Å²) in [5.41, 5.74) is 4.54. The summed E-state index contributed by atoms with van der Waals surface area (Å²) in [6, 6.07) is 25.2. The number of aliphatic carboxylic acids is 1. The highest BCUT2D eigenvalue weighted by atomic mass is 16.5. The van der Waals surface area contributed by atoms with Gasteiger partial charge in [0.2, 0.25) is 0 Å². The second kappa shape index (κ2) is 21.4. The minimum Gasteiger partial charge on any atom is -0.493 e. The topological polar surface area (TPSA) is 87.7 Å². The number of nitrogens with one attached hydrogen (secondary N) is 2. The van der Waals surface area contributed by atoms with E-state index in [1.807, 2.05) is 79.7 Å². The van der Waals surface area contributed by atoms with Gasteiger partial charge < -0.3 is 20.5 Å². The van der Waals surface area contributed by atoms with Crippen LogP contribution in [0.2, 0.25) is 0 Å². The van der Waals surface area contributed by atoms with Gasteiger partial charge in [-0.05, 0) is 79.8 Å². The predicted octanol–water partition coefficient (Wildman–Crippen LogP) is 10.1. The van der Waals surface area contributed by atoms with Crippen molar-refractivity contribution in [2.24, 2.45) is 5.92 Å². The maximum absolute atomic E-state index is 12.9. The Morgan fingerprint density at radius 3 is 2.00 bits per heavy atom. The summed E-state index contributed by atoms with van der Waals surface area (Å²) in [5, 5.41) is 16.3. The molecule has 266 valence electrons. The number of carboxylic acids is 1. The first-order chi connectivity index (χ1) is 24.0. The van der Waals surface area contributed by atoms with Crippen molar-refractivity contribution in [3.63, 3.8) is 0 Å². The van der Waals surface area contributed by atoms with E-state index in [0.29, 0.717) is 31.6 Å². The van der Waals surface area contributed by atoms with Crippen LogP contribution in [0.5, 0.6) is 5.75 Å². The van der Waals surface area contributed by atoms with Gasteiger partial charge in [-0.15, -0.1) is 0 Å². The average molecular weight is 669 g/mol. The summed E-state index contributed by atoms with van der Waals surface area (Å²) in [6.07, 6.45) is 20.0. The van der Waals surface area contributed by atoms with Crippen LogP contribution >= 0.6 is 0 Å². The van der Waals surface area contributed by atoms with Crippen molar-refractivity contribution in [3.8, 4) is 16.9 Å². The lowest BCUT2D eigenvalue weighted by molar-refractivity contribution is -0.141. The van der Waals surface area contributed by atoms with Crippen molar-refractivity contribution in [1.29, 1.82) is 0 Å². The Morgan fingerprint density at radius 1 is 0.776 bits per heavy atom. The number of ether oxygens (including phenoxy) is 1. The number of hydrogen-bond donors (Lipinski definition) is 3. The molecule has 0 aromatic heterocycles. The molecule has 5 rings (SSSR count). The third-order valence-electron chi connectivity index (χ3n) is 10.1. The maximum atomic E-state index is 12.9. The van der Waals surface area contributed by atoms with E-state index in [1.165, 1.54) is 77.0 Å². The van der Waals surface area contributed by atoms with Crippen molar-refractivity contribution in [2.75, 3.05) is 6.61 Å². The molecule has 2 aliphatic rings. The normalized spacial score (nSPS) is 15.9. The van der Waals surface area contributed by atoms with Gasteiger partial charge in [0.25, 0.3) is 5.91 Å². The lowest BCUT2D eigenvalue weighted by atomic mass is 9.91. The van der Waals surface area contributed by atoms with Gasteiger partial charge in [-0.25, -0.2) is 0 Å². The first-order valence-corrected chi connectivity index (χ1v) is 19.1. The third-order valence-corrected chi connectivity index (χ3v) is 10.1. The van der Waals surface area contributed by atoms with Crippen LogP contribution in [0.25, 0.3) is 11.1 Å². The minimum atomic E-state index is -0.789. The fourth-order valence-corrected chi connectivity index (χ4v) is 7.03. The molecule has 6 heteroatoms. The van der Waals surface area contributed by atoms with E-state index in [2.05, 4.69) is 17.6 Å². The van der Waals surface area contributed by atoms with Gasteiger partial charge >= 0.3 is 5.97 Å². The van der Waals surface area contributed by atoms with Crippen LogP contribution in [-0.2, 0) is 17.8 Å².